The van der Waals surface area contributed by atoms with Crippen molar-refractivity contribution in [1.29, 1.82) is 0 Å². The number of aliphatic carboxylic acids is 4. The summed E-state index contributed by atoms with van der Waals surface area (Å²) >= 11 is 0. The molecule has 0 aliphatic heterocycles. The molecule has 658 valence electrons. The predicted octanol–water partition coefficient (Wildman–Crippen LogP) is -4.18. The molecule has 3 aromatic carbocycles. The van der Waals surface area contributed by atoms with E-state index in [1.807, 2.05) is 0 Å². The van der Waals surface area contributed by atoms with E-state index in [-0.39, 0.29) is 35.8 Å². The molecule has 0 unspecified atom stereocenters. The van der Waals surface area contributed by atoms with Crippen molar-refractivity contribution in [2.75, 3.05) is 13.1 Å². The highest BCUT2D eigenvalue weighted by Crippen LogP contribution is 2.21. The number of rotatable bonds is 50. The molecule has 4 aromatic rings. The van der Waals surface area contributed by atoms with Crippen LogP contribution in [0.4, 0.5) is 0 Å². The van der Waals surface area contributed by atoms with E-state index in [2.05, 4.69) is 79.4 Å². The largest absolute Gasteiger partial charge is 0.508 e. The van der Waals surface area contributed by atoms with E-state index in [0.29, 0.717) is 34.9 Å². The van der Waals surface area contributed by atoms with E-state index >= 15 is 0 Å². The topological polar surface area (TPSA) is 679 Å². The highest BCUT2D eigenvalue weighted by molar-refractivity contribution is 6.01. The minimum Gasteiger partial charge on any atom is -0.508 e. The fraction of sp³-hybridized carbons (Fsp3) is 0.513. The average Bonchev–Trinajstić information content (AvgIpc) is 1.68. The summed E-state index contributed by atoms with van der Waals surface area (Å²) in [5.41, 5.74) is 7.82. The molecule has 1 heterocycles. The third kappa shape index (κ3) is 32.6. The van der Waals surface area contributed by atoms with Crippen LogP contribution in [0.15, 0.2) is 79.0 Å². The van der Waals surface area contributed by atoms with Crippen LogP contribution in [0.1, 0.15) is 131 Å². The molecule has 0 spiro atoms. The number of carbonyl (C=O) groups excluding carboxylic acids is 14. The number of aromatic nitrogens is 1. The van der Waals surface area contributed by atoms with Gasteiger partial charge in [-0.1, -0.05) is 96.8 Å². The van der Waals surface area contributed by atoms with E-state index in [4.69, 9.17) is 5.73 Å². The SMILES string of the molecule is CC[C@H](C)[C@H](N)C(=O)N[C@@H](Cc1ccc(O)cc1)C(=O)N[C@@H](CCC(=O)O)C(=O)N[C@H](C(=O)N[C@@H](Cc1ccc(O)cc1)C(=O)NCC(=O)N[C@@H](CC(=O)O)C(=O)N[C@H](C(=O)N[C@@H](Cc1c[nH]c2ccccc12)C(=O)N[C@@H](C)C(=O)NCC(=O)N[C@H](C(=O)N[C@@H](CCC(=O)O)C(=O)N[C@@H](C)C(=O)N[C@H](C(=O)O)[C@@H](C)CC)C(C)C)[C@@H](C)O)[C@@H](C)O. The number of aliphatic hydroxyl groups is 2. The summed E-state index contributed by atoms with van der Waals surface area (Å²) in [5, 5.41) is 114. The van der Waals surface area contributed by atoms with Crippen molar-refractivity contribution in [2.45, 2.75) is 224 Å². The number of phenols is 2. The van der Waals surface area contributed by atoms with Crippen molar-refractivity contribution in [1.82, 2.24) is 79.4 Å². The van der Waals surface area contributed by atoms with E-state index in [1.54, 1.807) is 52.0 Å². The zero-order chi connectivity index (χ0) is 90.1. The van der Waals surface area contributed by atoms with Gasteiger partial charge in [0.15, 0.2) is 0 Å². The minimum absolute atomic E-state index is 0.123. The van der Waals surface area contributed by atoms with Gasteiger partial charge in [-0.05, 0) is 105 Å². The zero-order valence-corrected chi connectivity index (χ0v) is 67.9. The second-order valence-corrected chi connectivity index (χ2v) is 29.5. The van der Waals surface area contributed by atoms with Crippen LogP contribution in [0.25, 0.3) is 10.9 Å². The summed E-state index contributed by atoms with van der Waals surface area (Å²) in [6, 6.07) is -3.90. The van der Waals surface area contributed by atoms with Gasteiger partial charge in [-0.15, -0.1) is 0 Å². The van der Waals surface area contributed by atoms with Crippen LogP contribution in [-0.4, -0.2) is 256 Å². The number of nitrogens with two attached hydrogens (primary N) is 1. The number of hydrogen-bond donors (Lipinski definition) is 24. The van der Waals surface area contributed by atoms with Gasteiger partial charge in [0.1, 0.15) is 84.0 Å². The second-order valence-electron chi connectivity index (χ2n) is 29.5. The van der Waals surface area contributed by atoms with Crippen molar-refractivity contribution >= 4 is 117 Å². The number of carboxylic acid groups (broad SMARTS) is 4. The lowest BCUT2D eigenvalue weighted by atomic mass is 9.98. The van der Waals surface area contributed by atoms with Crippen molar-refractivity contribution < 1.29 is 127 Å². The van der Waals surface area contributed by atoms with Crippen LogP contribution in [0, 0.1) is 17.8 Å². The zero-order valence-electron chi connectivity index (χ0n) is 67.9. The number of H-pyrrole nitrogens is 1. The highest BCUT2D eigenvalue weighted by atomic mass is 16.4. The molecule has 42 nitrogen and oxygen atoms in total. The molecule has 0 radical (unpaired) electrons. The number of carboxylic acids is 4. The lowest BCUT2D eigenvalue weighted by molar-refractivity contribution is -0.144. The Bertz CT molecular complexity index is 4290. The van der Waals surface area contributed by atoms with Crippen molar-refractivity contribution in [2.24, 2.45) is 23.5 Å². The molecule has 120 heavy (non-hydrogen) atoms. The standard InChI is InChI=1S/C78H110N16O26/c1-11-37(5)61(79)74(115)88-53(30-44-19-23-47(98)24-20-44)72(113)86-51(26-28-59(103)104)70(111)93-64(41(9)95)76(117)89-52(29-43-17-21-46(97)22-18-43)68(109)82-34-56(99)85-55(32-60(105)106)73(114)94-65(42(10)96)77(118)90-54(31-45-33-80-49-16-14-13-15-48(45)49)71(112)83-39(7)66(107)81-35-57(100)91-62(36(3)4)75(116)87-50(25-27-58(101)102)69(110)84-40(8)67(108)92-63(78(119)120)38(6)12-2/h13-24,33,36-42,50-55,61-65,80,95-98H,11-12,25-32,34-35,79H2,1-10H3,(H,81,107)(H,82,109)(H,83,112)(H,84,110)(H,85,99)(H,86,113)(H,87,116)(H,88,115)(H,89,117)(H,90,118)(H,91,100)(H,92,108)(H,93,111)(H,94,114)(H,101,102)(H,103,104)(H,105,106)(H,119,120)/t37-,38-,39-,40-,41+,42+,50-,51-,52-,53-,54-,55-,61-,62-,63-,64-,65-/m0/s1. The maximum atomic E-state index is 14.4. The lowest BCUT2D eigenvalue weighted by Crippen LogP contribution is -2.62. The molecule has 0 bridgehead atoms. The van der Waals surface area contributed by atoms with E-state index in [0.717, 1.165) is 13.8 Å². The third-order valence-electron chi connectivity index (χ3n) is 19.4. The molecular formula is C78H110N16O26. The second kappa shape index (κ2) is 48.1. The van der Waals surface area contributed by atoms with Crippen LogP contribution in [-0.2, 0) is 106 Å². The fourth-order valence-corrected chi connectivity index (χ4v) is 11.8. The molecule has 17 atom stereocenters. The van der Waals surface area contributed by atoms with Gasteiger partial charge in [0.25, 0.3) is 0 Å². The summed E-state index contributed by atoms with van der Waals surface area (Å²) in [6.45, 7) is 12.3. The molecule has 0 saturated heterocycles. The minimum atomic E-state index is -2.11. The van der Waals surface area contributed by atoms with Crippen LogP contribution >= 0.6 is 0 Å². The summed E-state index contributed by atoms with van der Waals surface area (Å²) in [4.78, 5) is 244. The number of phenolic OH excluding ortho intramolecular Hbond substituents is 2. The van der Waals surface area contributed by atoms with Crippen LogP contribution in [0.2, 0.25) is 0 Å². The lowest BCUT2D eigenvalue weighted by Gasteiger charge is -2.28. The molecule has 0 aliphatic rings. The van der Waals surface area contributed by atoms with E-state index in [9.17, 15) is 127 Å². The normalized spacial score (nSPS) is 15.4. The van der Waals surface area contributed by atoms with Gasteiger partial charge in [0.05, 0.1) is 37.8 Å². The first-order valence-electron chi connectivity index (χ1n) is 38.6. The Morgan fingerprint density at radius 1 is 0.383 bits per heavy atom. The van der Waals surface area contributed by atoms with Gasteiger partial charge in [0, 0.05) is 49.2 Å². The quantitative estimate of drug-likeness (QED) is 0.0199. The molecule has 4 rings (SSSR count). The number of aromatic hydroxyl groups is 2. The van der Waals surface area contributed by atoms with Gasteiger partial charge in [0.2, 0.25) is 82.7 Å². The third-order valence-corrected chi connectivity index (χ3v) is 19.4. The number of benzene rings is 3. The van der Waals surface area contributed by atoms with Gasteiger partial charge in [-0.25, -0.2) is 4.79 Å². The van der Waals surface area contributed by atoms with Gasteiger partial charge < -0.3 is 126 Å². The first-order chi connectivity index (χ1) is 56.3. The summed E-state index contributed by atoms with van der Waals surface area (Å²) in [6.07, 6.45) is -6.12. The molecule has 14 amide bonds. The number of para-hydroxylation sites is 1. The first kappa shape index (κ1) is 99.5. The average molecular weight is 1690 g/mol. The van der Waals surface area contributed by atoms with Crippen LogP contribution in [0.3, 0.4) is 0 Å². The maximum absolute atomic E-state index is 14.4. The Labute approximate surface area is 689 Å². The van der Waals surface area contributed by atoms with E-state index in [1.165, 1.54) is 82.4 Å². The number of fused-ring (bicyclic) bond motifs is 1. The van der Waals surface area contributed by atoms with Crippen molar-refractivity contribution in [3.05, 3.63) is 95.7 Å². The van der Waals surface area contributed by atoms with Crippen molar-refractivity contribution in [3.8, 4) is 11.5 Å². The Morgan fingerprint density at radius 3 is 1.24 bits per heavy atom. The van der Waals surface area contributed by atoms with Crippen LogP contribution in [0.5, 0.6) is 11.5 Å². The number of aliphatic hydroxyl groups excluding tert-OH is 2. The highest BCUT2D eigenvalue weighted by Gasteiger charge is 2.39. The van der Waals surface area contributed by atoms with Gasteiger partial charge in [-0.3, -0.25) is 81.5 Å². The Balaban J connectivity index is 1.51. The number of nitrogens with one attached hydrogen (secondary N) is 15. The van der Waals surface area contributed by atoms with E-state index < -0.39 is 261 Å². The van der Waals surface area contributed by atoms with Crippen molar-refractivity contribution in [3.63, 3.8) is 0 Å². The molecule has 1 aromatic heterocycles. The summed E-state index contributed by atoms with van der Waals surface area (Å²) in [5.74, 6) is -23.2. The smallest absolute Gasteiger partial charge is 0.326 e. The monoisotopic (exact) mass is 1690 g/mol. The molecule has 0 fully saturated rings. The Kier molecular flexibility index (Phi) is 39.9. The molecular weight excluding hydrogens is 1580 g/mol. The number of amides is 14. The number of carbonyl (C=O) groups is 18. The molecule has 42 heteroatoms. The molecule has 0 saturated carbocycles. The van der Waals surface area contributed by atoms with Crippen LogP contribution < -0.4 is 80.2 Å². The fourth-order valence-electron chi connectivity index (χ4n) is 11.8. The number of hydrogen-bond acceptors (Lipinski definition) is 23. The molecule has 0 aliphatic carbocycles. The summed E-state index contributed by atoms with van der Waals surface area (Å²) in [7, 11) is 0. The molecule has 25 N–H and O–H groups in total. The van der Waals surface area contributed by atoms with Gasteiger partial charge in [-0.2, -0.15) is 0 Å². The summed E-state index contributed by atoms with van der Waals surface area (Å²) < 4.78 is 0. The first-order valence-corrected chi connectivity index (χ1v) is 38.6. The Hall–Kier alpha value is -12.9. The predicted molar refractivity (Wildman–Crippen MR) is 425 cm³/mol. The maximum Gasteiger partial charge on any atom is 0.326 e. The Morgan fingerprint density at radius 2 is 0.775 bits per heavy atom. The van der Waals surface area contributed by atoms with Gasteiger partial charge >= 0.3 is 23.9 Å². The number of aromatic amines is 1.